The Kier molecular flexibility index (Phi) is 4.91. The first-order valence-electron chi connectivity index (χ1n) is 7.54. The molecule has 1 N–H and O–H groups in total. The SMILES string of the molecule is CC[C@H](C)c1ccc(S(=O)(=O)Nc2cccc(C)c2C)cc1. The van der Waals surface area contributed by atoms with Crippen molar-refractivity contribution in [1.82, 2.24) is 0 Å². The molecule has 0 saturated heterocycles. The molecule has 3 nitrogen and oxygen atoms in total. The standard InChI is InChI=1S/C18H23NO2S/c1-5-13(2)16-9-11-17(12-10-16)22(20,21)19-18-8-6-7-14(3)15(18)4/h6-13,19H,5H2,1-4H3/t13-/m0/s1. The van der Waals surface area contributed by atoms with Gasteiger partial charge < -0.3 is 0 Å². The molecule has 0 aliphatic carbocycles. The lowest BCUT2D eigenvalue weighted by atomic mass is 9.99. The Labute approximate surface area is 133 Å². The van der Waals surface area contributed by atoms with Gasteiger partial charge >= 0.3 is 0 Å². The smallest absolute Gasteiger partial charge is 0.261 e. The van der Waals surface area contributed by atoms with E-state index in [2.05, 4.69) is 18.6 Å². The second-order valence-electron chi connectivity index (χ2n) is 5.73. The summed E-state index contributed by atoms with van der Waals surface area (Å²) in [4.78, 5) is 0.292. The van der Waals surface area contributed by atoms with Crippen molar-refractivity contribution in [3.05, 3.63) is 59.2 Å². The average Bonchev–Trinajstić information content (AvgIpc) is 2.51. The maximum absolute atomic E-state index is 12.5. The lowest BCUT2D eigenvalue weighted by molar-refractivity contribution is 0.601. The Bertz CT molecular complexity index is 749. The van der Waals surface area contributed by atoms with Gasteiger partial charge in [0, 0.05) is 0 Å². The molecule has 118 valence electrons. The summed E-state index contributed by atoms with van der Waals surface area (Å²) in [6.45, 7) is 8.14. The highest BCUT2D eigenvalue weighted by Crippen LogP contribution is 2.24. The van der Waals surface area contributed by atoms with E-state index >= 15 is 0 Å². The normalized spacial score (nSPS) is 12.9. The Morgan fingerprint density at radius 3 is 2.27 bits per heavy atom. The van der Waals surface area contributed by atoms with Crippen LogP contribution in [-0.4, -0.2) is 8.42 Å². The van der Waals surface area contributed by atoms with Crippen LogP contribution in [0.2, 0.25) is 0 Å². The highest BCUT2D eigenvalue weighted by atomic mass is 32.2. The van der Waals surface area contributed by atoms with Crippen molar-refractivity contribution < 1.29 is 8.42 Å². The van der Waals surface area contributed by atoms with Crippen LogP contribution in [0.25, 0.3) is 0 Å². The molecule has 2 rings (SSSR count). The molecule has 0 unspecified atom stereocenters. The molecular weight excluding hydrogens is 294 g/mol. The van der Waals surface area contributed by atoms with Crippen LogP contribution >= 0.6 is 0 Å². The molecule has 0 bridgehead atoms. The monoisotopic (exact) mass is 317 g/mol. The van der Waals surface area contributed by atoms with Crippen LogP contribution in [-0.2, 0) is 10.0 Å². The minimum atomic E-state index is -3.55. The van der Waals surface area contributed by atoms with Gasteiger partial charge in [0.05, 0.1) is 10.6 Å². The highest BCUT2D eigenvalue weighted by Gasteiger charge is 2.16. The van der Waals surface area contributed by atoms with Gasteiger partial charge in [0.1, 0.15) is 0 Å². The molecule has 0 radical (unpaired) electrons. The van der Waals surface area contributed by atoms with Crippen LogP contribution < -0.4 is 4.72 Å². The van der Waals surface area contributed by atoms with E-state index in [0.29, 0.717) is 16.5 Å². The first-order valence-corrected chi connectivity index (χ1v) is 9.02. The fourth-order valence-corrected chi connectivity index (χ4v) is 3.40. The van der Waals surface area contributed by atoms with Crippen LogP contribution in [0.5, 0.6) is 0 Å². The van der Waals surface area contributed by atoms with E-state index in [9.17, 15) is 8.42 Å². The van der Waals surface area contributed by atoms with Crippen LogP contribution in [0.1, 0.15) is 42.9 Å². The number of hydrogen-bond acceptors (Lipinski definition) is 2. The number of rotatable bonds is 5. The van der Waals surface area contributed by atoms with Gasteiger partial charge in [0.15, 0.2) is 0 Å². The van der Waals surface area contributed by atoms with Crippen LogP contribution in [0, 0.1) is 13.8 Å². The summed E-state index contributed by atoms with van der Waals surface area (Å²) in [7, 11) is -3.55. The Balaban J connectivity index is 2.29. The lowest BCUT2D eigenvalue weighted by Crippen LogP contribution is -2.14. The van der Waals surface area contributed by atoms with Gasteiger partial charge in [-0.25, -0.2) is 8.42 Å². The van der Waals surface area contributed by atoms with Crippen molar-refractivity contribution in [3.8, 4) is 0 Å². The summed E-state index contributed by atoms with van der Waals surface area (Å²) in [5.74, 6) is 0.434. The van der Waals surface area contributed by atoms with Crippen molar-refractivity contribution in [3.63, 3.8) is 0 Å². The van der Waals surface area contributed by atoms with Crippen LogP contribution in [0.3, 0.4) is 0 Å². The molecule has 2 aromatic rings. The Hall–Kier alpha value is -1.81. The molecule has 0 saturated carbocycles. The van der Waals surface area contributed by atoms with Gasteiger partial charge in [-0.2, -0.15) is 0 Å². The number of aryl methyl sites for hydroxylation is 1. The molecule has 0 fully saturated rings. The van der Waals surface area contributed by atoms with E-state index in [1.807, 2.05) is 38.1 Å². The van der Waals surface area contributed by atoms with E-state index in [-0.39, 0.29) is 0 Å². The van der Waals surface area contributed by atoms with Gasteiger partial charge in [-0.05, 0) is 61.1 Å². The zero-order valence-electron chi connectivity index (χ0n) is 13.6. The third-order valence-corrected chi connectivity index (χ3v) is 5.60. The lowest BCUT2D eigenvalue weighted by Gasteiger charge is -2.13. The van der Waals surface area contributed by atoms with Crippen molar-refractivity contribution in [2.24, 2.45) is 0 Å². The molecule has 2 aromatic carbocycles. The summed E-state index contributed by atoms with van der Waals surface area (Å²) in [6, 6.07) is 12.7. The van der Waals surface area contributed by atoms with E-state index in [4.69, 9.17) is 0 Å². The second-order valence-corrected chi connectivity index (χ2v) is 7.41. The summed E-state index contributed by atoms with van der Waals surface area (Å²) in [5, 5.41) is 0. The maximum atomic E-state index is 12.5. The summed E-state index contributed by atoms with van der Waals surface area (Å²) in [5.41, 5.74) is 3.80. The quantitative estimate of drug-likeness (QED) is 0.874. The predicted molar refractivity (Wildman–Crippen MR) is 91.9 cm³/mol. The summed E-state index contributed by atoms with van der Waals surface area (Å²) >= 11 is 0. The fourth-order valence-electron chi connectivity index (χ4n) is 2.28. The minimum absolute atomic E-state index is 0.292. The van der Waals surface area contributed by atoms with Gasteiger partial charge in [-0.3, -0.25) is 4.72 Å². The number of nitrogens with one attached hydrogen (secondary N) is 1. The van der Waals surface area contributed by atoms with E-state index in [1.165, 1.54) is 0 Å². The predicted octanol–water partition coefficient (Wildman–Crippen LogP) is 4.62. The third-order valence-electron chi connectivity index (χ3n) is 4.22. The van der Waals surface area contributed by atoms with Crippen molar-refractivity contribution in [2.75, 3.05) is 4.72 Å². The molecule has 1 atom stereocenters. The molecule has 0 spiro atoms. The fraction of sp³-hybridized carbons (Fsp3) is 0.333. The van der Waals surface area contributed by atoms with E-state index in [1.54, 1.807) is 18.2 Å². The highest BCUT2D eigenvalue weighted by molar-refractivity contribution is 7.92. The third kappa shape index (κ3) is 3.50. The molecule has 0 aliphatic heterocycles. The van der Waals surface area contributed by atoms with Gasteiger partial charge in [0.25, 0.3) is 10.0 Å². The number of sulfonamides is 1. The summed E-state index contributed by atoms with van der Waals surface area (Å²) < 4.78 is 27.7. The van der Waals surface area contributed by atoms with Crippen LogP contribution in [0.15, 0.2) is 47.4 Å². The second kappa shape index (κ2) is 6.53. The molecular formula is C18H23NO2S. The molecule has 4 heteroatoms. The average molecular weight is 317 g/mol. The maximum Gasteiger partial charge on any atom is 0.261 e. The molecule has 0 amide bonds. The first-order chi connectivity index (χ1) is 10.3. The van der Waals surface area contributed by atoms with Crippen LogP contribution in [0.4, 0.5) is 5.69 Å². The Morgan fingerprint density at radius 2 is 1.68 bits per heavy atom. The molecule has 22 heavy (non-hydrogen) atoms. The molecule has 0 aliphatic rings. The van der Waals surface area contributed by atoms with Crippen molar-refractivity contribution in [1.29, 1.82) is 0 Å². The van der Waals surface area contributed by atoms with E-state index < -0.39 is 10.0 Å². The van der Waals surface area contributed by atoms with Crippen molar-refractivity contribution in [2.45, 2.75) is 44.9 Å². The van der Waals surface area contributed by atoms with Gasteiger partial charge in [-0.1, -0.05) is 38.1 Å². The zero-order chi connectivity index (χ0) is 16.3. The summed E-state index contributed by atoms with van der Waals surface area (Å²) in [6.07, 6.45) is 1.03. The van der Waals surface area contributed by atoms with E-state index in [0.717, 1.165) is 23.1 Å². The first kappa shape index (κ1) is 16.6. The zero-order valence-corrected chi connectivity index (χ0v) is 14.4. The minimum Gasteiger partial charge on any atom is -0.279 e. The van der Waals surface area contributed by atoms with Crippen molar-refractivity contribution >= 4 is 15.7 Å². The van der Waals surface area contributed by atoms with Gasteiger partial charge in [-0.15, -0.1) is 0 Å². The van der Waals surface area contributed by atoms with Gasteiger partial charge in [0.2, 0.25) is 0 Å². The number of hydrogen-bond donors (Lipinski definition) is 1. The number of benzene rings is 2. The largest absolute Gasteiger partial charge is 0.279 e. The Morgan fingerprint density at radius 1 is 1.05 bits per heavy atom. The molecule has 0 heterocycles. The molecule has 0 aromatic heterocycles. The topological polar surface area (TPSA) is 46.2 Å². The number of anilines is 1.